The van der Waals surface area contributed by atoms with Crippen LogP contribution in [0.5, 0.6) is 0 Å². The maximum atomic E-state index is 13.0. The van der Waals surface area contributed by atoms with Crippen LogP contribution in [-0.2, 0) is 9.59 Å². The molecule has 30 heavy (non-hydrogen) atoms. The van der Waals surface area contributed by atoms with E-state index in [0.717, 1.165) is 19.3 Å². The van der Waals surface area contributed by atoms with Gasteiger partial charge in [0.1, 0.15) is 5.82 Å². The molecule has 3 heterocycles. The van der Waals surface area contributed by atoms with Crippen molar-refractivity contribution in [2.75, 3.05) is 15.5 Å². The molecule has 0 unspecified atom stereocenters. The van der Waals surface area contributed by atoms with Crippen molar-refractivity contribution in [3.05, 3.63) is 45.2 Å². The molecule has 0 aliphatic carbocycles. The number of amides is 2. The maximum Gasteiger partial charge on any atom is 0.258 e. The smallest absolute Gasteiger partial charge is 0.258 e. The monoisotopic (exact) mass is 429 g/mol. The standard InChI is InChI=1S/C21H24ClN5O3/c1-11-5-3-6-12(2)27(11)21-25-18-17(20(30)26-21)15(10-16(28)24-18)19(29)23-14-8-4-7-13(22)9-14/h4,7-9,11-12,15H,3,5-6,10H2,1-2H3,(H,23,29)(H2,24,25,26,28,30)/t11-,12+,15-/m1/s1. The van der Waals surface area contributed by atoms with E-state index in [1.54, 1.807) is 24.3 Å². The van der Waals surface area contributed by atoms with E-state index in [-0.39, 0.29) is 35.8 Å². The molecule has 0 radical (unpaired) electrons. The molecule has 4 rings (SSSR count). The van der Waals surface area contributed by atoms with E-state index in [1.165, 1.54) is 0 Å². The predicted octanol–water partition coefficient (Wildman–Crippen LogP) is 3.26. The number of hydrogen-bond donors (Lipinski definition) is 3. The molecule has 1 aromatic heterocycles. The lowest BCUT2D eigenvalue weighted by molar-refractivity contribution is -0.123. The van der Waals surface area contributed by atoms with E-state index < -0.39 is 17.4 Å². The minimum absolute atomic E-state index is 0.125. The fourth-order valence-corrected chi connectivity index (χ4v) is 4.53. The van der Waals surface area contributed by atoms with E-state index in [0.29, 0.717) is 16.7 Å². The van der Waals surface area contributed by atoms with Crippen molar-refractivity contribution >= 4 is 40.9 Å². The molecular formula is C21H24ClN5O3. The third-order valence-electron chi connectivity index (χ3n) is 5.79. The molecule has 2 amide bonds. The normalized spacial score (nSPS) is 23.5. The molecular weight excluding hydrogens is 406 g/mol. The van der Waals surface area contributed by atoms with Gasteiger partial charge in [0, 0.05) is 29.2 Å². The second-order valence-corrected chi connectivity index (χ2v) is 8.43. The summed E-state index contributed by atoms with van der Waals surface area (Å²) in [7, 11) is 0. The largest absolute Gasteiger partial charge is 0.337 e. The highest BCUT2D eigenvalue weighted by molar-refractivity contribution is 6.30. The Morgan fingerprint density at radius 2 is 1.97 bits per heavy atom. The van der Waals surface area contributed by atoms with Crippen LogP contribution >= 0.6 is 11.6 Å². The van der Waals surface area contributed by atoms with Crippen LogP contribution in [0.1, 0.15) is 51.0 Å². The summed E-state index contributed by atoms with van der Waals surface area (Å²) in [6.07, 6.45) is 3.00. The molecule has 2 aromatic rings. The highest BCUT2D eigenvalue weighted by atomic mass is 35.5. The van der Waals surface area contributed by atoms with Crippen LogP contribution in [0, 0.1) is 0 Å². The number of hydrogen-bond acceptors (Lipinski definition) is 5. The Morgan fingerprint density at radius 3 is 2.67 bits per heavy atom. The molecule has 3 N–H and O–H groups in total. The number of piperidine rings is 1. The first-order valence-electron chi connectivity index (χ1n) is 10.1. The van der Waals surface area contributed by atoms with Gasteiger partial charge in [-0.1, -0.05) is 17.7 Å². The first-order valence-corrected chi connectivity index (χ1v) is 10.5. The summed E-state index contributed by atoms with van der Waals surface area (Å²) < 4.78 is 0. The molecule has 1 aromatic carbocycles. The zero-order chi connectivity index (χ0) is 21.4. The molecule has 0 spiro atoms. The Labute approximate surface area is 179 Å². The number of aromatic nitrogens is 2. The van der Waals surface area contributed by atoms with Gasteiger partial charge in [0.2, 0.25) is 17.8 Å². The van der Waals surface area contributed by atoms with Crippen LogP contribution in [0.4, 0.5) is 17.5 Å². The molecule has 158 valence electrons. The summed E-state index contributed by atoms with van der Waals surface area (Å²) in [5.41, 5.74) is 0.262. The lowest BCUT2D eigenvalue weighted by atomic mass is 9.92. The summed E-state index contributed by atoms with van der Waals surface area (Å²) in [5, 5.41) is 5.88. The first kappa shape index (κ1) is 20.4. The van der Waals surface area contributed by atoms with Crippen LogP contribution < -0.4 is 21.1 Å². The predicted molar refractivity (Wildman–Crippen MR) is 116 cm³/mol. The second-order valence-electron chi connectivity index (χ2n) is 7.99. The third kappa shape index (κ3) is 3.92. The number of halogens is 1. The number of carbonyl (C=O) groups excluding carboxylic acids is 2. The molecule has 1 fully saturated rings. The molecule has 8 nitrogen and oxygen atoms in total. The fraction of sp³-hybridized carbons (Fsp3) is 0.429. The number of nitrogens with zero attached hydrogens (tertiary/aromatic N) is 2. The van der Waals surface area contributed by atoms with Crippen LogP contribution in [0.15, 0.2) is 29.1 Å². The van der Waals surface area contributed by atoms with Gasteiger partial charge in [-0.05, 0) is 51.3 Å². The molecule has 1 saturated heterocycles. The lowest BCUT2D eigenvalue weighted by Gasteiger charge is -2.39. The van der Waals surface area contributed by atoms with Gasteiger partial charge in [-0.3, -0.25) is 19.4 Å². The number of aromatic amines is 1. The molecule has 9 heteroatoms. The minimum atomic E-state index is -0.936. The van der Waals surface area contributed by atoms with E-state index in [4.69, 9.17) is 11.6 Å². The SMILES string of the molecule is C[C@@H]1CCC[C@H](C)N1c1nc2c(c(=O)[nH]1)[C@H](C(=O)Nc1cccc(Cl)c1)CC(=O)N2. The number of fused-ring (bicyclic) bond motifs is 1. The Balaban J connectivity index is 1.68. The topological polar surface area (TPSA) is 107 Å². The van der Waals surface area contributed by atoms with Gasteiger partial charge in [-0.25, -0.2) is 0 Å². The van der Waals surface area contributed by atoms with Gasteiger partial charge >= 0.3 is 0 Å². The van der Waals surface area contributed by atoms with Gasteiger partial charge in [0.05, 0.1) is 11.5 Å². The van der Waals surface area contributed by atoms with Crippen LogP contribution in [0.2, 0.25) is 5.02 Å². The average molecular weight is 430 g/mol. The molecule has 2 aliphatic rings. The number of anilines is 3. The minimum Gasteiger partial charge on any atom is -0.337 e. The molecule has 0 bridgehead atoms. The highest BCUT2D eigenvalue weighted by Gasteiger charge is 2.36. The van der Waals surface area contributed by atoms with Crippen LogP contribution in [0.3, 0.4) is 0 Å². The van der Waals surface area contributed by atoms with Crippen molar-refractivity contribution in [3.8, 4) is 0 Å². The van der Waals surface area contributed by atoms with E-state index >= 15 is 0 Å². The van der Waals surface area contributed by atoms with E-state index in [9.17, 15) is 14.4 Å². The number of rotatable bonds is 3. The number of H-pyrrole nitrogens is 1. The Kier molecular flexibility index (Phi) is 5.51. The zero-order valence-electron chi connectivity index (χ0n) is 16.9. The fourth-order valence-electron chi connectivity index (χ4n) is 4.34. The van der Waals surface area contributed by atoms with Crippen molar-refractivity contribution in [1.29, 1.82) is 0 Å². The first-order chi connectivity index (χ1) is 14.3. The van der Waals surface area contributed by atoms with Crippen molar-refractivity contribution in [2.24, 2.45) is 0 Å². The average Bonchev–Trinajstić information content (AvgIpc) is 2.67. The Hall–Kier alpha value is -2.87. The quantitative estimate of drug-likeness (QED) is 0.694. The third-order valence-corrected chi connectivity index (χ3v) is 6.02. The lowest BCUT2D eigenvalue weighted by Crippen LogP contribution is -2.46. The number of carbonyl (C=O) groups is 2. The molecule has 2 aliphatic heterocycles. The van der Waals surface area contributed by atoms with Crippen molar-refractivity contribution in [2.45, 2.75) is 57.5 Å². The second kappa shape index (κ2) is 8.10. The number of benzene rings is 1. The molecule has 0 saturated carbocycles. The summed E-state index contributed by atoms with van der Waals surface area (Å²) in [5.74, 6) is -1.16. The number of nitrogens with one attached hydrogen (secondary N) is 3. The van der Waals surface area contributed by atoms with Gasteiger partial charge in [-0.2, -0.15) is 4.98 Å². The van der Waals surface area contributed by atoms with Gasteiger partial charge in [0.15, 0.2) is 0 Å². The summed E-state index contributed by atoms with van der Waals surface area (Å²) in [4.78, 5) is 47.7. The van der Waals surface area contributed by atoms with Gasteiger partial charge in [0.25, 0.3) is 5.56 Å². The van der Waals surface area contributed by atoms with Crippen LogP contribution in [-0.4, -0.2) is 33.9 Å². The van der Waals surface area contributed by atoms with Crippen molar-refractivity contribution < 1.29 is 9.59 Å². The van der Waals surface area contributed by atoms with Gasteiger partial charge in [-0.15, -0.1) is 0 Å². The summed E-state index contributed by atoms with van der Waals surface area (Å²) in [6, 6.07) is 7.14. The van der Waals surface area contributed by atoms with Crippen LogP contribution in [0.25, 0.3) is 0 Å². The van der Waals surface area contributed by atoms with Gasteiger partial charge < -0.3 is 15.5 Å². The Morgan fingerprint density at radius 1 is 1.23 bits per heavy atom. The summed E-state index contributed by atoms with van der Waals surface area (Å²) >= 11 is 5.97. The highest BCUT2D eigenvalue weighted by Crippen LogP contribution is 2.32. The zero-order valence-corrected chi connectivity index (χ0v) is 17.6. The molecule has 3 atom stereocenters. The maximum absolute atomic E-state index is 13.0. The van der Waals surface area contributed by atoms with Crippen molar-refractivity contribution in [3.63, 3.8) is 0 Å². The van der Waals surface area contributed by atoms with Crippen molar-refractivity contribution in [1.82, 2.24) is 9.97 Å². The van der Waals surface area contributed by atoms with E-state index in [2.05, 4.69) is 39.3 Å². The Bertz CT molecular complexity index is 1040. The van der Waals surface area contributed by atoms with E-state index in [1.807, 2.05) is 0 Å². The summed E-state index contributed by atoms with van der Waals surface area (Å²) in [6.45, 7) is 4.18.